The Morgan fingerprint density at radius 1 is 1.07 bits per heavy atom. The van der Waals surface area contributed by atoms with Crippen molar-refractivity contribution < 1.29 is 14.3 Å². The zero-order valence-electron chi connectivity index (χ0n) is 14.9. The van der Waals surface area contributed by atoms with Crippen LogP contribution >= 0.6 is 0 Å². The van der Waals surface area contributed by atoms with Gasteiger partial charge in [0, 0.05) is 23.6 Å². The number of anilines is 1. The van der Waals surface area contributed by atoms with Crippen LogP contribution < -0.4 is 14.8 Å². The lowest BCUT2D eigenvalue weighted by atomic mass is 10.2. The summed E-state index contributed by atoms with van der Waals surface area (Å²) < 4.78 is 11.1. The van der Waals surface area contributed by atoms with E-state index in [1.54, 1.807) is 60.8 Å². The molecule has 0 bridgehead atoms. The van der Waals surface area contributed by atoms with Gasteiger partial charge < -0.3 is 14.8 Å². The number of aryl methyl sites for hydroxylation is 1. The predicted octanol–water partition coefficient (Wildman–Crippen LogP) is 4.31. The maximum atomic E-state index is 12.2. The molecule has 27 heavy (non-hydrogen) atoms. The quantitative estimate of drug-likeness (QED) is 0.733. The topological polar surface area (TPSA) is 84.2 Å². The summed E-state index contributed by atoms with van der Waals surface area (Å²) in [7, 11) is 1.52. The Hall–Kier alpha value is -3.85. The molecule has 3 rings (SSSR count). The standard InChI is InChI=1S/C21H17N3O3/c1-14-3-5-16(13-23-14)21(25)24-17-6-8-18(9-7-17)27-19-10-4-15(12-22)11-20(19)26-2/h3-11,13H,1-2H3,(H,24,25). The number of methoxy groups -OCH3 is 1. The molecule has 1 N–H and O–H groups in total. The first-order valence-corrected chi connectivity index (χ1v) is 8.19. The second-order valence-electron chi connectivity index (χ2n) is 5.75. The molecule has 134 valence electrons. The molecule has 0 unspecified atom stereocenters. The Bertz CT molecular complexity index is 991. The molecule has 0 radical (unpaired) electrons. The minimum atomic E-state index is -0.232. The average Bonchev–Trinajstić information content (AvgIpc) is 2.70. The summed E-state index contributed by atoms with van der Waals surface area (Å²) in [6.07, 6.45) is 1.54. The molecule has 0 aliphatic rings. The maximum absolute atomic E-state index is 12.2. The number of ether oxygens (including phenoxy) is 2. The van der Waals surface area contributed by atoms with Gasteiger partial charge in [0.1, 0.15) is 5.75 Å². The molecule has 1 heterocycles. The zero-order valence-corrected chi connectivity index (χ0v) is 14.9. The Kier molecular flexibility index (Phi) is 5.33. The van der Waals surface area contributed by atoms with Crippen LogP contribution in [-0.4, -0.2) is 18.0 Å². The highest BCUT2D eigenvalue weighted by Gasteiger charge is 2.09. The van der Waals surface area contributed by atoms with E-state index in [1.165, 1.54) is 7.11 Å². The van der Waals surface area contributed by atoms with Crippen LogP contribution in [0.3, 0.4) is 0 Å². The lowest BCUT2D eigenvalue weighted by Crippen LogP contribution is -2.12. The van der Waals surface area contributed by atoms with Gasteiger partial charge in [0.15, 0.2) is 11.5 Å². The summed E-state index contributed by atoms with van der Waals surface area (Å²) in [5.41, 5.74) is 2.47. The molecule has 0 saturated carbocycles. The summed E-state index contributed by atoms with van der Waals surface area (Å²) >= 11 is 0. The highest BCUT2D eigenvalue weighted by atomic mass is 16.5. The Morgan fingerprint density at radius 3 is 2.48 bits per heavy atom. The molecule has 0 saturated heterocycles. The van der Waals surface area contributed by atoms with Gasteiger partial charge in [-0.15, -0.1) is 0 Å². The van der Waals surface area contributed by atoms with Crippen LogP contribution in [0.15, 0.2) is 60.8 Å². The number of benzene rings is 2. The fourth-order valence-corrected chi connectivity index (χ4v) is 2.36. The van der Waals surface area contributed by atoms with Crippen molar-refractivity contribution in [2.24, 2.45) is 0 Å². The van der Waals surface area contributed by atoms with E-state index in [1.807, 2.05) is 6.92 Å². The highest BCUT2D eigenvalue weighted by Crippen LogP contribution is 2.32. The van der Waals surface area contributed by atoms with Crippen molar-refractivity contribution >= 4 is 11.6 Å². The van der Waals surface area contributed by atoms with E-state index in [-0.39, 0.29) is 5.91 Å². The molecule has 1 amide bonds. The van der Waals surface area contributed by atoms with Crippen LogP contribution in [-0.2, 0) is 0 Å². The van der Waals surface area contributed by atoms with Crippen molar-refractivity contribution in [1.82, 2.24) is 4.98 Å². The first kappa shape index (κ1) is 18.0. The number of hydrogen-bond donors (Lipinski definition) is 1. The third kappa shape index (κ3) is 4.41. The Balaban J connectivity index is 1.69. The fraction of sp³-hybridized carbons (Fsp3) is 0.0952. The molecular weight excluding hydrogens is 342 g/mol. The third-order valence-corrected chi connectivity index (χ3v) is 3.81. The zero-order chi connectivity index (χ0) is 19.2. The van der Waals surface area contributed by atoms with Crippen LogP contribution in [0.5, 0.6) is 17.2 Å². The van der Waals surface area contributed by atoms with E-state index in [0.717, 1.165) is 5.69 Å². The highest BCUT2D eigenvalue weighted by molar-refractivity contribution is 6.04. The van der Waals surface area contributed by atoms with Crippen LogP contribution in [0, 0.1) is 18.3 Å². The van der Waals surface area contributed by atoms with E-state index < -0.39 is 0 Å². The first-order chi connectivity index (χ1) is 13.1. The van der Waals surface area contributed by atoms with Crippen molar-refractivity contribution in [2.45, 2.75) is 6.92 Å². The molecule has 1 aromatic heterocycles. The smallest absolute Gasteiger partial charge is 0.257 e. The van der Waals surface area contributed by atoms with E-state index >= 15 is 0 Å². The number of aromatic nitrogens is 1. The molecule has 0 spiro atoms. The van der Waals surface area contributed by atoms with Gasteiger partial charge in [0.05, 0.1) is 24.3 Å². The lowest BCUT2D eigenvalue weighted by Gasteiger charge is -2.11. The van der Waals surface area contributed by atoms with Gasteiger partial charge in [-0.25, -0.2) is 0 Å². The van der Waals surface area contributed by atoms with Crippen molar-refractivity contribution in [2.75, 3.05) is 12.4 Å². The predicted molar refractivity (Wildman–Crippen MR) is 101 cm³/mol. The first-order valence-electron chi connectivity index (χ1n) is 8.19. The second kappa shape index (κ2) is 8.02. The van der Waals surface area contributed by atoms with Crippen molar-refractivity contribution in [3.63, 3.8) is 0 Å². The minimum Gasteiger partial charge on any atom is -0.493 e. The number of carbonyl (C=O) groups excluding carboxylic acids is 1. The summed E-state index contributed by atoms with van der Waals surface area (Å²) in [4.78, 5) is 16.3. The monoisotopic (exact) mass is 359 g/mol. The number of pyridine rings is 1. The van der Waals surface area contributed by atoms with Gasteiger partial charge in [0.2, 0.25) is 0 Å². The summed E-state index contributed by atoms with van der Waals surface area (Å²) in [5, 5.41) is 11.8. The van der Waals surface area contributed by atoms with Crippen LogP contribution in [0.4, 0.5) is 5.69 Å². The number of amides is 1. The summed E-state index contributed by atoms with van der Waals surface area (Å²) in [5.74, 6) is 1.32. The van der Waals surface area contributed by atoms with Crippen molar-refractivity contribution in [1.29, 1.82) is 5.26 Å². The fourth-order valence-electron chi connectivity index (χ4n) is 2.36. The Morgan fingerprint density at radius 2 is 1.85 bits per heavy atom. The average molecular weight is 359 g/mol. The number of carbonyl (C=O) groups is 1. The third-order valence-electron chi connectivity index (χ3n) is 3.81. The molecule has 0 fully saturated rings. The van der Waals surface area contributed by atoms with Crippen molar-refractivity contribution in [3.8, 4) is 23.3 Å². The number of rotatable bonds is 5. The number of nitrogens with one attached hydrogen (secondary N) is 1. The van der Waals surface area contributed by atoms with Gasteiger partial charge in [-0.1, -0.05) is 0 Å². The summed E-state index contributed by atoms with van der Waals surface area (Å²) in [6.45, 7) is 1.86. The Labute approximate surface area is 157 Å². The maximum Gasteiger partial charge on any atom is 0.257 e. The number of nitriles is 1. The normalized spacial score (nSPS) is 9.96. The molecule has 6 heteroatoms. The van der Waals surface area contributed by atoms with E-state index in [4.69, 9.17) is 14.7 Å². The number of hydrogen-bond acceptors (Lipinski definition) is 5. The van der Waals surface area contributed by atoms with Gasteiger partial charge in [-0.05, 0) is 55.5 Å². The molecule has 6 nitrogen and oxygen atoms in total. The van der Waals surface area contributed by atoms with Gasteiger partial charge >= 0.3 is 0 Å². The van der Waals surface area contributed by atoms with Crippen LogP contribution in [0.2, 0.25) is 0 Å². The molecule has 2 aromatic carbocycles. The lowest BCUT2D eigenvalue weighted by molar-refractivity contribution is 0.102. The second-order valence-corrected chi connectivity index (χ2v) is 5.75. The molecule has 0 atom stereocenters. The summed E-state index contributed by atoms with van der Waals surface area (Å²) in [6, 6.07) is 17.5. The van der Waals surface area contributed by atoms with E-state index in [2.05, 4.69) is 16.4 Å². The van der Waals surface area contributed by atoms with Crippen molar-refractivity contribution in [3.05, 3.63) is 77.6 Å². The minimum absolute atomic E-state index is 0.232. The molecule has 0 aliphatic heterocycles. The van der Waals surface area contributed by atoms with E-state index in [0.29, 0.717) is 34.1 Å². The molecule has 3 aromatic rings. The van der Waals surface area contributed by atoms with Gasteiger partial charge in [0.25, 0.3) is 5.91 Å². The molecular formula is C21H17N3O3. The van der Waals surface area contributed by atoms with Gasteiger partial charge in [-0.2, -0.15) is 5.26 Å². The number of nitrogens with zero attached hydrogens (tertiary/aromatic N) is 2. The van der Waals surface area contributed by atoms with Crippen LogP contribution in [0.1, 0.15) is 21.6 Å². The largest absolute Gasteiger partial charge is 0.493 e. The van der Waals surface area contributed by atoms with Gasteiger partial charge in [-0.3, -0.25) is 9.78 Å². The SMILES string of the molecule is COc1cc(C#N)ccc1Oc1ccc(NC(=O)c2ccc(C)nc2)cc1. The molecule has 0 aliphatic carbocycles. The van der Waals surface area contributed by atoms with Crippen LogP contribution in [0.25, 0.3) is 0 Å². The van der Waals surface area contributed by atoms with E-state index in [9.17, 15) is 4.79 Å².